The van der Waals surface area contributed by atoms with Crippen molar-refractivity contribution >= 4 is 11.5 Å². The monoisotopic (exact) mass is 435 g/mol. The van der Waals surface area contributed by atoms with Crippen LogP contribution >= 0.6 is 0 Å². The number of hydrogen-bond donors (Lipinski definition) is 0. The number of ether oxygens (including phenoxy) is 2. The van der Waals surface area contributed by atoms with E-state index in [2.05, 4.69) is 30.3 Å². The normalized spacial score (nSPS) is 25.7. The molecule has 4 nitrogen and oxygen atoms in total. The van der Waals surface area contributed by atoms with Crippen LogP contribution in [0, 0.1) is 0 Å². The number of carbonyl (C=O) groups excluding carboxylic acids is 1. The van der Waals surface area contributed by atoms with Gasteiger partial charge in [-0.25, -0.2) is 0 Å². The number of fused-ring (bicyclic) bond motifs is 3. The standard InChI is InChI=1S/C29H25NO3/c31-28-27(23-14-8-3-9-15-23)25(18-21-10-4-1-5-11-21)33-29(19-24-16-17-26(29)32-24)30(28)20-22-12-6-2-7-13-22/h1-17,24,26H,18-20H2/t24-,26+,29-/m1/s1. The van der Waals surface area contributed by atoms with E-state index in [4.69, 9.17) is 9.47 Å². The van der Waals surface area contributed by atoms with E-state index >= 15 is 0 Å². The molecule has 0 unspecified atom stereocenters. The van der Waals surface area contributed by atoms with Crippen molar-refractivity contribution in [1.82, 2.24) is 4.90 Å². The first-order chi connectivity index (χ1) is 16.2. The minimum absolute atomic E-state index is 0.00761. The van der Waals surface area contributed by atoms with Crippen molar-refractivity contribution in [2.24, 2.45) is 0 Å². The predicted octanol–water partition coefficient (Wildman–Crippen LogP) is 5.12. The van der Waals surface area contributed by atoms with E-state index < -0.39 is 5.72 Å². The Balaban J connectivity index is 1.49. The summed E-state index contributed by atoms with van der Waals surface area (Å²) < 4.78 is 13.1. The highest BCUT2D eigenvalue weighted by Gasteiger charge is 2.60. The number of hydrogen-bond acceptors (Lipinski definition) is 3. The fraction of sp³-hybridized carbons (Fsp3) is 0.207. The van der Waals surface area contributed by atoms with Gasteiger partial charge in [-0.3, -0.25) is 9.69 Å². The quantitative estimate of drug-likeness (QED) is 0.522. The number of allylic oxidation sites excluding steroid dienone is 1. The van der Waals surface area contributed by atoms with Crippen LogP contribution in [0.1, 0.15) is 23.1 Å². The van der Waals surface area contributed by atoms with Gasteiger partial charge in [0.2, 0.25) is 5.72 Å². The lowest BCUT2D eigenvalue weighted by Crippen LogP contribution is -2.60. The van der Waals surface area contributed by atoms with Gasteiger partial charge >= 0.3 is 0 Å². The maximum Gasteiger partial charge on any atom is 0.261 e. The molecule has 3 aromatic rings. The minimum atomic E-state index is -0.839. The summed E-state index contributed by atoms with van der Waals surface area (Å²) in [4.78, 5) is 16.2. The van der Waals surface area contributed by atoms with Crippen LogP contribution in [-0.2, 0) is 27.2 Å². The molecule has 3 aliphatic heterocycles. The average Bonchev–Trinajstić information content (AvgIpc) is 3.46. The third kappa shape index (κ3) is 3.47. The molecule has 0 aliphatic carbocycles. The number of nitrogens with zero attached hydrogens (tertiary/aromatic N) is 1. The second kappa shape index (κ2) is 8.05. The molecule has 1 amide bonds. The summed E-state index contributed by atoms with van der Waals surface area (Å²) in [6, 6.07) is 30.1. The smallest absolute Gasteiger partial charge is 0.261 e. The second-order valence-electron chi connectivity index (χ2n) is 8.83. The molecule has 0 saturated carbocycles. The largest absolute Gasteiger partial charge is 0.468 e. The summed E-state index contributed by atoms with van der Waals surface area (Å²) in [5.74, 6) is 0.707. The summed E-state index contributed by atoms with van der Waals surface area (Å²) in [5.41, 5.74) is 2.85. The van der Waals surface area contributed by atoms with E-state index in [1.165, 1.54) is 0 Å². The number of rotatable bonds is 5. The number of carbonyl (C=O) groups is 1. The number of benzene rings is 3. The fourth-order valence-electron chi connectivity index (χ4n) is 5.16. The molecule has 1 spiro atoms. The van der Waals surface area contributed by atoms with Gasteiger partial charge in [-0.15, -0.1) is 0 Å². The molecule has 6 rings (SSSR count). The van der Waals surface area contributed by atoms with Crippen molar-refractivity contribution in [2.75, 3.05) is 0 Å². The Kier molecular flexibility index (Phi) is 4.88. The Labute approximate surface area is 193 Å². The van der Waals surface area contributed by atoms with Crippen LogP contribution in [-0.4, -0.2) is 28.7 Å². The first-order valence-corrected chi connectivity index (χ1v) is 11.4. The molecule has 33 heavy (non-hydrogen) atoms. The third-order valence-corrected chi connectivity index (χ3v) is 6.71. The third-order valence-electron chi connectivity index (χ3n) is 6.71. The molecule has 3 aromatic carbocycles. The van der Waals surface area contributed by atoms with Gasteiger partial charge in [0, 0.05) is 19.4 Å². The Morgan fingerprint density at radius 3 is 2.06 bits per heavy atom. The topological polar surface area (TPSA) is 38.8 Å². The van der Waals surface area contributed by atoms with E-state index in [-0.39, 0.29) is 18.1 Å². The molecule has 3 atom stereocenters. The zero-order valence-electron chi connectivity index (χ0n) is 18.3. The van der Waals surface area contributed by atoms with Gasteiger partial charge in [-0.2, -0.15) is 0 Å². The highest BCUT2D eigenvalue weighted by atomic mass is 16.6. The summed E-state index contributed by atoms with van der Waals surface area (Å²) in [6.45, 7) is 0.467. The molecule has 2 bridgehead atoms. The van der Waals surface area contributed by atoms with Crippen molar-refractivity contribution in [3.05, 3.63) is 126 Å². The lowest BCUT2D eigenvalue weighted by Gasteiger charge is -2.48. The lowest BCUT2D eigenvalue weighted by molar-refractivity contribution is -0.178. The van der Waals surface area contributed by atoms with Gasteiger partial charge in [0.1, 0.15) is 11.9 Å². The predicted molar refractivity (Wildman–Crippen MR) is 127 cm³/mol. The molecule has 164 valence electrons. The van der Waals surface area contributed by atoms with Crippen LogP contribution < -0.4 is 0 Å². The van der Waals surface area contributed by atoms with Crippen LogP contribution in [0.5, 0.6) is 0 Å². The zero-order valence-corrected chi connectivity index (χ0v) is 18.3. The van der Waals surface area contributed by atoms with E-state index in [0.29, 0.717) is 30.7 Å². The van der Waals surface area contributed by atoms with Crippen molar-refractivity contribution in [1.29, 1.82) is 0 Å². The van der Waals surface area contributed by atoms with Crippen molar-refractivity contribution in [3.63, 3.8) is 0 Å². The average molecular weight is 436 g/mol. The highest BCUT2D eigenvalue weighted by molar-refractivity contribution is 6.21. The van der Waals surface area contributed by atoms with Gasteiger partial charge in [-0.05, 0) is 16.7 Å². The first kappa shape index (κ1) is 20.0. The molecule has 4 heteroatoms. The summed E-state index contributed by atoms with van der Waals surface area (Å²) in [5, 5.41) is 0. The Bertz CT molecular complexity index is 1220. The van der Waals surface area contributed by atoms with Crippen LogP contribution in [0.25, 0.3) is 5.57 Å². The minimum Gasteiger partial charge on any atom is -0.468 e. The maximum atomic E-state index is 14.3. The van der Waals surface area contributed by atoms with Crippen LogP contribution in [0.3, 0.4) is 0 Å². The summed E-state index contributed by atoms with van der Waals surface area (Å²) in [6.07, 6.45) is 5.01. The SMILES string of the molecule is O=C1C(c2ccccc2)=C(Cc2ccccc2)O[C@@]2(C[C@H]3C=C[C@@H]2O3)N1Cc1ccccc1. The molecular weight excluding hydrogens is 410 g/mol. The Morgan fingerprint density at radius 1 is 0.818 bits per heavy atom. The molecule has 3 heterocycles. The highest BCUT2D eigenvalue weighted by Crippen LogP contribution is 2.49. The lowest BCUT2D eigenvalue weighted by atomic mass is 9.89. The van der Waals surface area contributed by atoms with E-state index in [1.54, 1.807) is 0 Å². The molecule has 0 radical (unpaired) electrons. The van der Waals surface area contributed by atoms with Gasteiger partial charge in [0.05, 0.1) is 11.7 Å². The van der Waals surface area contributed by atoms with Gasteiger partial charge in [0.25, 0.3) is 5.91 Å². The second-order valence-corrected chi connectivity index (χ2v) is 8.83. The first-order valence-electron chi connectivity index (χ1n) is 11.4. The summed E-state index contributed by atoms with van der Waals surface area (Å²) >= 11 is 0. The van der Waals surface area contributed by atoms with Crippen LogP contribution in [0.15, 0.2) is 109 Å². The van der Waals surface area contributed by atoms with Crippen LogP contribution in [0.4, 0.5) is 0 Å². The Hall–Kier alpha value is -3.63. The number of amides is 1. The molecule has 0 N–H and O–H groups in total. The van der Waals surface area contributed by atoms with Gasteiger partial charge in [0.15, 0.2) is 0 Å². The van der Waals surface area contributed by atoms with Crippen molar-refractivity contribution < 1.29 is 14.3 Å². The van der Waals surface area contributed by atoms with E-state index in [1.807, 2.05) is 77.7 Å². The molecule has 1 saturated heterocycles. The fourth-order valence-corrected chi connectivity index (χ4v) is 5.16. The molecule has 0 aromatic heterocycles. The molecule has 3 aliphatic rings. The van der Waals surface area contributed by atoms with E-state index in [0.717, 1.165) is 16.7 Å². The van der Waals surface area contributed by atoms with Crippen molar-refractivity contribution in [2.45, 2.75) is 37.3 Å². The molecule has 1 fully saturated rings. The van der Waals surface area contributed by atoms with Gasteiger partial charge in [-0.1, -0.05) is 103 Å². The Morgan fingerprint density at radius 2 is 1.45 bits per heavy atom. The summed E-state index contributed by atoms with van der Waals surface area (Å²) in [7, 11) is 0. The van der Waals surface area contributed by atoms with Crippen LogP contribution in [0.2, 0.25) is 0 Å². The maximum absolute atomic E-state index is 14.3. The van der Waals surface area contributed by atoms with Crippen molar-refractivity contribution in [3.8, 4) is 0 Å². The van der Waals surface area contributed by atoms with E-state index in [9.17, 15) is 4.79 Å². The zero-order chi connectivity index (χ0) is 22.3. The molecular formula is C29H25NO3. The van der Waals surface area contributed by atoms with Gasteiger partial charge < -0.3 is 9.47 Å².